The van der Waals surface area contributed by atoms with Crippen molar-refractivity contribution in [3.63, 3.8) is 0 Å². The number of ether oxygens (including phenoxy) is 1. The van der Waals surface area contributed by atoms with Crippen molar-refractivity contribution in [3.8, 4) is 5.75 Å². The molecule has 1 heterocycles. The standard InChI is InChI=1S/C52H79N7O6/c1-32(2)11-8-12-33(3)41-21-22-42-40-20-17-37-30-39(23-25-51(37,5)43(40)24-26-52(41,42)6)65-49(64)44(14-9-27-55-50(53)54)57-48(63)45(29-35-15-18-38(60)19-16-35)58-46(61)34(4)56-47(62)36-13-10-28-59(7)31-36/h10,15-19,28,31-34,39-45,60H,8-9,11-14,20-27,29-30H2,1-7H3,(H,56,62)(H,57,63)(H,58,61)(H4,53,54,55). The first-order valence-corrected chi connectivity index (χ1v) is 24.6. The van der Waals surface area contributed by atoms with E-state index in [1.54, 1.807) is 30.2 Å². The number of nitrogens with one attached hydrogen (secondary N) is 3. The van der Waals surface area contributed by atoms with Gasteiger partial charge < -0.3 is 42.2 Å². The number of phenolic OH excluding ortho intramolecular Hbond substituents is 1. The van der Waals surface area contributed by atoms with E-state index in [2.05, 4.69) is 61.6 Å². The molecule has 0 radical (unpaired) electrons. The lowest BCUT2D eigenvalue weighted by Gasteiger charge is -2.58. The lowest BCUT2D eigenvalue weighted by Crippen LogP contribution is -2.56. The molecule has 13 heteroatoms. The average Bonchev–Trinajstić information content (AvgIpc) is 3.62. The molecule has 3 fully saturated rings. The highest BCUT2D eigenvalue weighted by molar-refractivity contribution is 5.98. The van der Waals surface area contributed by atoms with Gasteiger partial charge >= 0.3 is 5.97 Å². The predicted molar refractivity (Wildman–Crippen MR) is 256 cm³/mol. The predicted octanol–water partition coefficient (Wildman–Crippen LogP) is 7.15. The number of amides is 3. The van der Waals surface area contributed by atoms with Crippen LogP contribution in [0.2, 0.25) is 0 Å². The number of nitrogens with zero attached hydrogens (tertiary/aromatic N) is 2. The number of phenols is 1. The minimum atomic E-state index is -1.13. The summed E-state index contributed by atoms with van der Waals surface area (Å²) in [5.74, 6) is 2.35. The van der Waals surface area contributed by atoms with Gasteiger partial charge in [-0.2, -0.15) is 0 Å². The van der Waals surface area contributed by atoms with E-state index in [1.807, 2.05) is 19.3 Å². The first-order chi connectivity index (χ1) is 30.9. The van der Waals surface area contributed by atoms with Crippen molar-refractivity contribution in [3.05, 3.63) is 65.5 Å². The van der Waals surface area contributed by atoms with Gasteiger partial charge in [0.2, 0.25) is 17.7 Å². The van der Waals surface area contributed by atoms with E-state index in [9.17, 15) is 24.3 Å². The molecule has 13 nitrogen and oxygen atoms in total. The number of esters is 1. The molecule has 1 aromatic carbocycles. The maximum absolute atomic E-state index is 14.3. The Morgan fingerprint density at radius 3 is 2.34 bits per heavy atom. The van der Waals surface area contributed by atoms with E-state index in [0.29, 0.717) is 47.6 Å². The highest BCUT2D eigenvalue weighted by Crippen LogP contribution is 2.67. The van der Waals surface area contributed by atoms with E-state index in [1.165, 1.54) is 62.7 Å². The van der Waals surface area contributed by atoms with Gasteiger partial charge in [0.1, 0.15) is 30.0 Å². The first kappa shape index (κ1) is 49.6. The fraction of sp³-hybridized carbons (Fsp3) is 0.673. The van der Waals surface area contributed by atoms with Gasteiger partial charge in [-0.25, -0.2) is 4.79 Å². The highest BCUT2D eigenvalue weighted by Gasteiger charge is 2.59. The SMILES string of the molecule is CC(C)CCCC(C)C1CCC2C3CC=C4CC(OC(=O)C(CCCN=C(N)N)NC(=O)C(Cc5ccc(O)cc5)NC(=O)C(C)NC(=O)C5=CN(C)C=CC5)CCC4(C)C3CCC12C. The molecule has 358 valence electrons. The second-order valence-corrected chi connectivity index (χ2v) is 21.1. The van der Waals surface area contributed by atoms with Crippen LogP contribution in [0.4, 0.5) is 0 Å². The Morgan fingerprint density at radius 1 is 0.892 bits per heavy atom. The van der Waals surface area contributed by atoms with E-state index < -0.39 is 35.9 Å². The zero-order chi connectivity index (χ0) is 47.1. The lowest BCUT2D eigenvalue weighted by molar-refractivity contribution is -0.155. The molecule has 0 spiro atoms. The first-order valence-electron chi connectivity index (χ1n) is 24.6. The lowest BCUT2D eigenvalue weighted by atomic mass is 9.47. The summed E-state index contributed by atoms with van der Waals surface area (Å²) < 4.78 is 6.32. The summed E-state index contributed by atoms with van der Waals surface area (Å²) in [6.45, 7) is 14.1. The molecule has 1 aromatic rings. The topological polar surface area (TPSA) is 201 Å². The summed E-state index contributed by atoms with van der Waals surface area (Å²) in [6, 6.07) is 3.21. The molecule has 11 atom stereocenters. The minimum Gasteiger partial charge on any atom is -0.508 e. The van der Waals surface area contributed by atoms with Crippen LogP contribution in [0, 0.1) is 46.3 Å². The molecular formula is C52H79N7O6. The van der Waals surface area contributed by atoms with Gasteiger partial charge in [-0.05, 0) is 141 Å². The molecular weight excluding hydrogens is 819 g/mol. The molecule has 0 bridgehead atoms. The number of carbonyl (C=O) groups excluding carboxylic acids is 4. The van der Waals surface area contributed by atoms with E-state index in [0.717, 1.165) is 42.9 Å². The normalized spacial score (nSPS) is 28.8. The van der Waals surface area contributed by atoms with Crippen LogP contribution in [0.15, 0.2) is 65.0 Å². The molecule has 0 saturated heterocycles. The summed E-state index contributed by atoms with van der Waals surface area (Å²) in [5.41, 5.74) is 14.3. The number of carbonyl (C=O) groups is 4. The Bertz CT molecular complexity index is 1970. The third kappa shape index (κ3) is 12.2. The van der Waals surface area contributed by atoms with Crippen LogP contribution in [-0.2, 0) is 30.3 Å². The van der Waals surface area contributed by atoms with Gasteiger partial charge in [-0.15, -0.1) is 0 Å². The fourth-order valence-corrected chi connectivity index (χ4v) is 12.6. The Kier molecular flexibility index (Phi) is 16.5. The van der Waals surface area contributed by atoms with E-state index >= 15 is 0 Å². The number of hydrogen-bond acceptors (Lipinski definition) is 8. The Balaban J connectivity index is 1.12. The molecule has 5 aliphatic rings. The average molecular weight is 898 g/mol. The molecule has 4 aliphatic carbocycles. The summed E-state index contributed by atoms with van der Waals surface area (Å²) in [4.78, 5) is 61.0. The van der Waals surface area contributed by atoms with Crippen LogP contribution in [0.1, 0.15) is 137 Å². The van der Waals surface area contributed by atoms with Gasteiger partial charge in [-0.1, -0.05) is 83.7 Å². The number of aromatic hydroxyl groups is 1. The zero-order valence-corrected chi connectivity index (χ0v) is 40.2. The van der Waals surface area contributed by atoms with Crippen LogP contribution >= 0.6 is 0 Å². The van der Waals surface area contributed by atoms with Crippen molar-refractivity contribution in [1.82, 2.24) is 20.9 Å². The number of guanidine groups is 1. The van der Waals surface area contributed by atoms with E-state index in [-0.39, 0.29) is 48.5 Å². The number of aliphatic imine (C=N–C) groups is 1. The number of rotatable bonds is 19. The van der Waals surface area contributed by atoms with Crippen LogP contribution < -0.4 is 27.4 Å². The molecule has 3 amide bonds. The van der Waals surface area contributed by atoms with Crippen molar-refractivity contribution in [2.24, 2.45) is 62.8 Å². The Morgan fingerprint density at radius 2 is 1.63 bits per heavy atom. The summed E-state index contributed by atoms with van der Waals surface area (Å²) in [7, 11) is 1.81. The second-order valence-electron chi connectivity index (χ2n) is 21.1. The number of benzene rings is 1. The third-order valence-corrected chi connectivity index (χ3v) is 16.2. The number of fused-ring (bicyclic) bond motifs is 5. The van der Waals surface area contributed by atoms with Crippen LogP contribution in [0.5, 0.6) is 5.75 Å². The van der Waals surface area contributed by atoms with Crippen molar-refractivity contribution in [2.45, 2.75) is 162 Å². The van der Waals surface area contributed by atoms with Crippen LogP contribution in [-0.4, -0.2) is 77.5 Å². The second kappa shape index (κ2) is 21.7. The molecule has 65 heavy (non-hydrogen) atoms. The maximum Gasteiger partial charge on any atom is 0.328 e. The molecule has 11 unspecified atom stereocenters. The van der Waals surface area contributed by atoms with Crippen molar-refractivity contribution >= 4 is 29.7 Å². The number of nitrogens with two attached hydrogens (primary N) is 2. The maximum atomic E-state index is 14.3. The van der Waals surface area contributed by atoms with E-state index in [4.69, 9.17) is 16.2 Å². The zero-order valence-electron chi connectivity index (χ0n) is 40.2. The van der Waals surface area contributed by atoms with Crippen molar-refractivity contribution in [1.29, 1.82) is 0 Å². The molecule has 3 saturated carbocycles. The summed E-state index contributed by atoms with van der Waals surface area (Å²) >= 11 is 0. The van der Waals surface area contributed by atoms with Gasteiger partial charge in [0.25, 0.3) is 0 Å². The molecule has 8 N–H and O–H groups in total. The fourth-order valence-electron chi connectivity index (χ4n) is 12.6. The van der Waals surface area contributed by atoms with Crippen LogP contribution in [0.3, 0.4) is 0 Å². The Hall–Kier alpha value is -4.81. The number of hydrogen-bond donors (Lipinski definition) is 6. The highest BCUT2D eigenvalue weighted by atomic mass is 16.5. The minimum absolute atomic E-state index is 0.0599. The quantitative estimate of drug-likeness (QED) is 0.0274. The van der Waals surface area contributed by atoms with Gasteiger partial charge in [0.05, 0.1) is 0 Å². The van der Waals surface area contributed by atoms with Crippen molar-refractivity contribution < 1.29 is 29.0 Å². The van der Waals surface area contributed by atoms with Crippen LogP contribution in [0.25, 0.3) is 0 Å². The van der Waals surface area contributed by atoms with Gasteiger partial charge in [0.15, 0.2) is 5.96 Å². The summed E-state index contributed by atoms with van der Waals surface area (Å²) in [6.07, 6.45) is 21.4. The van der Waals surface area contributed by atoms with Crippen molar-refractivity contribution in [2.75, 3.05) is 13.6 Å². The Labute approximate surface area is 388 Å². The smallest absolute Gasteiger partial charge is 0.328 e. The third-order valence-electron chi connectivity index (χ3n) is 16.2. The van der Waals surface area contributed by atoms with Gasteiger partial charge in [0, 0.05) is 38.2 Å². The summed E-state index contributed by atoms with van der Waals surface area (Å²) in [5, 5.41) is 18.4. The largest absolute Gasteiger partial charge is 0.508 e. The molecule has 1 aliphatic heterocycles. The number of allylic oxidation sites excluding steroid dienone is 2. The molecule has 6 rings (SSSR count). The molecule has 0 aromatic heterocycles. The van der Waals surface area contributed by atoms with Gasteiger partial charge in [-0.3, -0.25) is 19.4 Å². The monoisotopic (exact) mass is 898 g/mol.